The van der Waals surface area contributed by atoms with Gasteiger partial charge >= 0.3 is 168 Å². The third kappa shape index (κ3) is 7.36. The maximum atomic E-state index is 4.87. The van der Waals surface area contributed by atoms with Gasteiger partial charge in [0, 0.05) is 0 Å². The van der Waals surface area contributed by atoms with Crippen molar-refractivity contribution in [2.24, 2.45) is 0 Å². The molecule has 1 heterocycles. The van der Waals surface area contributed by atoms with Gasteiger partial charge in [0.2, 0.25) is 0 Å². The van der Waals surface area contributed by atoms with Crippen LogP contribution in [0, 0.1) is 0 Å². The molecule has 3 nitrogen and oxygen atoms in total. The second-order valence-electron chi connectivity index (χ2n) is 7.85. The van der Waals surface area contributed by atoms with Crippen molar-refractivity contribution in [1.82, 2.24) is 9.97 Å². The monoisotopic (exact) mass is 469 g/mol. The van der Waals surface area contributed by atoms with Gasteiger partial charge in [-0.15, -0.1) is 0 Å². The Morgan fingerprint density at radius 2 is 1.12 bits per heavy atom. The summed E-state index contributed by atoms with van der Waals surface area (Å²) in [4.78, 5) is 12.1. The van der Waals surface area contributed by atoms with E-state index in [1.165, 1.54) is 51.8 Å². The Bertz CT molecular complexity index is 433. The van der Waals surface area contributed by atoms with Crippen LogP contribution in [0.15, 0.2) is 12.4 Å². The van der Waals surface area contributed by atoms with Crippen LogP contribution in [0.1, 0.15) is 86.0 Å². The normalized spacial score (nSPS) is 11.7. The molecule has 150 valence electrons. The quantitative estimate of drug-likeness (QED) is 0.289. The Balaban J connectivity index is 3.09. The van der Waals surface area contributed by atoms with E-state index < -0.39 is 18.4 Å². The fourth-order valence-electron chi connectivity index (χ4n) is 3.96. The summed E-state index contributed by atoms with van der Waals surface area (Å²) in [7, 11) is 0. The summed E-state index contributed by atoms with van der Waals surface area (Å²) in [5.74, 6) is 0.944. The number of rotatable bonds is 15. The van der Waals surface area contributed by atoms with Crippen LogP contribution in [0.25, 0.3) is 0 Å². The van der Waals surface area contributed by atoms with E-state index >= 15 is 0 Å². The first kappa shape index (κ1) is 23.7. The Labute approximate surface area is 167 Å². The van der Waals surface area contributed by atoms with Crippen molar-refractivity contribution in [3.8, 4) is 0 Å². The van der Waals surface area contributed by atoms with E-state index in [4.69, 9.17) is 9.97 Å². The van der Waals surface area contributed by atoms with Crippen LogP contribution in [-0.2, 0) is 0 Å². The van der Waals surface area contributed by atoms with Crippen LogP contribution in [0.3, 0.4) is 0 Å². The molecule has 0 amide bonds. The predicted octanol–water partition coefficient (Wildman–Crippen LogP) is 6.16. The van der Waals surface area contributed by atoms with Crippen LogP contribution < -0.4 is 8.48 Å². The first-order chi connectivity index (χ1) is 12.7. The summed E-state index contributed by atoms with van der Waals surface area (Å²) in [5, 5.41) is 0. The number of unbranched alkanes of at least 4 members (excludes halogenated alkanes) is 3. The van der Waals surface area contributed by atoms with Gasteiger partial charge in [-0.1, -0.05) is 0 Å². The maximum absolute atomic E-state index is 4.87. The third-order valence-corrected chi connectivity index (χ3v) is 21.0. The Morgan fingerprint density at radius 1 is 0.692 bits per heavy atom. The summed E-state index contributed by atoms with van der Waals surface area (Å²) in [6, 6.07) is 0. The summed E-state index contributed by atoms with van der Waals surface area (Å²) < 4.78 is 6.05. The van der Waals surface area contributed by atoms with Crippen LogP contribution in [-0.4, -0.2) is 41.4 Å². The molecule has 1 aromatic rings. The molecule has 0 unspecified atom stereocenters. The van der Waals surface area contributed by atoms with E-state index in [1.54, 1.807) is 3.58 Å². The third-order valence-electron chi connectivity index (χ3n) is 5.55. The molecule has 26 heavy (non-hydrogen) atoms. The van der Waals surface area contributed by atoms with E-state index in [0.717, 1.165) is 31.9 Å². The molecule has 0 aliphatic heterocycles. The number of aromatic nitrogens is 2. The first-order valence-corrected chi connectivity index (χ1v) is 18.7. The van der Waals surface area contributed by atoms with Gasteiger partial charge < -0.3 is 0 Å². The molecule has 1 rings (SSSR count). The zero-order chi connectivity index (χ0) is 19.3. The minimum absolute atomic E-state index is 0.944. The number of hydrogen-bond acceptors (Lipinski definition) is 3. The molecule has 4 heteroatoms. The second-order valence-corrected chi connectivity index (χ2v) is 21.1. The van der Waals surface area contributed by atoms with E-state index in [-0.39, 0.29) is 0 Å². The molecule has 0 bridgehead atoms. The van der Waals surface area contributed by atoms with Crippen LogP contribution in [0.4, 0.5) is 5.95 Å². The van der Waals surface area contributed by atoms with E-state index in [2.05, 4.69) is 51.9 Å². The second kappa shape index (κ2) is 13.8. The van der Waals surface area contributed by atoms with Crippen molar-refractivity contribution in [2.75, 3.05) is 18.0 Å². The summed E-state index contributed by atoms with van der Waals surface area (Å²) in [6.07, 6.45) is 14.9. The van der Waals surface area contributed by atoms with E-state index in [1.807, 2.05) is 0 Å². The van der Waals surface area contributed by atoms with E-state index in [0.29, 0.717) is 0 Å². The number of anilines is 1. The molecule has 0 aromatic carbocycles. The zero-order valence-corrected chi connectivity index (χ0v) is 21.0. The molecule has 0 N–H and O–H groups in total. The molecule has 0 aliphatic rings. The van der Waals surface area contributed by atoms with Crippen molar-refractivity contribution < 1.29 is 0 Å². The standard InChI is InChI=1S/C10H16N3.3C4H9.Sn/c1-3-8-13(9-4-2)10-11-6-5-7-12-10;3*1-3-4-2;/h6-7H,3-4,8-9H2,1-2H3;3*1,3-4H2,2H3;. The van der Waals surface area contributed by atoms with Gasteiger partial charge in [0.25, 0.3) is 0 Å². The van der Waals surface area contributed by atoms with Gasteiger partial charge in [-0.25, -0.2) is 0 Å². The molecule has 0 aliphatic carbocycles. The number of hydrogen-bond donors (Lipinski definition) is 0. The summed E-state index contributed by atoms with van der Waals surface area (Å²) >= 11 is -2.37. The van der Waals surface area contributed by atoms with Crippen molar-refractivity contribution in [3.63, 3.8) is 0 Å². The average Bonchev–Trinajstić information content (AvgIpc) is 2.68. The molecular formula is C22H43N3Sn. The molecule has 0 spiro atoms. The SMILES string of the molecule is CCC[CH2][Sn]([CH2]CCC)([CH2]CCC)[c]1cnc(N(CCC)CCC)nc1. The number of nitrogens with zero attached hydrogens (tertiary/aromatic N) is 3. The molecular weight excluding hydrogens is 425 g/mol. The van der Waals surface area contributed by atoms with Gasteiger partial charge in [0.1, 0.15) is 0 Å². The average molecular weight is 468 g/mol. The summed E-state index contributed by atoms with van der Waals surface area (Å²) in [6.45, 7) is 13.6. The topological polar surface area (TPSA) is 29.0 Å². The van der Waals surface area contributed by atoms with Gasteiger partial charge in [-0.2, -0.15) is 0 Å². The predicted molar refractivity (Wildman–Crippen MR) is 119 cm³/mol. The van der Waals surface area contributed by atoms with Crippen molar-refractivity contribution >= 4 is 27.9 Å². The molecule has 0 saturated carbocycles. The van der Waals surface area contributed by atoms with Gasteiger partial charge in [-0.3, -0.25) is 0 Å². The van der Waals surface area contributed by atoms with Crippen LogP contribution in [0.2, 0.25) is 13.3 Å². The first-order valence-electron chi connectivity index (χ1n) is 11.2. The van der Waals surface area contributed by atoms with Gasteiger partial charge in [-0.05, 0) is 0 Å². The van der Waals surface area contributed by atoms with Gasteiger partial charge in [0.15, 0.2) is 0 Å². The van der Waals surface area contributed by atoms with Crippen molar-refractivity contribution in [3.05, 3.63) is 12.4 Å². The van der Waals surface area contributed by atoms with Crippen molar-refractivity contribution in [2.45, 2.75) is 99.3 Å². The molecule has 1 aromatic heterocycles. The fraction of sp³-hybridized carbons (Fsp3) is 0.818. The zero-order valence-electron chi connectivity index (χ0n) is 18.2. The fourth-order valence-corrected chi connectivity index (χ4v) is 19.3. The van der Waals surface area contributed by atoms with E-state index in [9.17, 15) is 0 Å². The minimum atomic E-state index is -2.37. The molecule has 0 fully saturated rings. The Kier molecular flexibility index (Phi) is 12.6. The Hall–Kier alpha value is -0.321. The van der Waals surface area contributed by atoms with Crippen molar-refractivity contribution in [1.29, 1.82) is 0 Å². The van der Waals surface area contributed by atoms with Gasteiger partial charge in [0.05, 0.1) is 0 Å². The van der Waals surface area contributed by atoms with Crippen LogP contribution >= 0.6 is 0 Å². The molecule has 0 atom stereocenters. The summed E-state index contributed by atoms with van der Waals surface area (Å²) in [5.41, 5.74) is 0. The molecule has 0 radical (unpaired) electrons. The Morgan fingerprint density at radius 3 is 1.46 bits per heavy atom. The molecule has 0 saturated heterocycles. The van der Waals surface area contributed by atoms with Crippen LogP contribution in [0.5, 0.6) is 0 Å².